The molecule has 218 valence electrons. The Balaban J connectivity index is 2.04. The van der Waals surface area contributed by atoms with Crippen molar-refractivity contribution in [2.24, 2.45) is 0 Å². The summed E-state index contributed by atoms with van der Waals surface area (Å²) in [6.45, 7) is 3.13. The second-order valence-electron chi connectivity index (χ2n) is 9.87. The summed E-state index contributed by atoms with van der Waals surface area (Å²) in [6.07, 6.45) is 2.78. The molecule has 3 aromatic rings. The van der Waals surface area contributed by atoms with Crippen molar-refractivity contribution < 1.29 is 27.2 Å². The van der Waals surface area contributed by atoms with E-state index in [1.54, 1.807) is 12.1 Å². The first-order valence-electron chi connectivity index (χ1n) is 13.4. The Morgan fingerprint density at radius 3 is 2.22 bits per heavy atom. The highest BCUT2D eigenvalue weighted by atomic mass is 32.2. The molecule has 0 saturated carbocycles. The normalized spacial score (nSPS) is 11.9. The van der Waals surface area contributed by atoms with Crippen LogP contribution in [0, 0.1) is 5.82 Å². The molecule has 10 heteroatoms. The Bertz CT molecular complexity index is 1450. The molecule has 0 fully saturated rings. The van der Waals surface area contributed by atoms with E-state index in [9.17, 15) is 27.2 Å². The quantitative estimate of drug-likeness (QED) is 0.225. The molecule has 0 bridgehead atoms. The Labute approximate surface area is 241 Å². The molecule has 0 aliphatic rings. The first-order valence-corrected chi connectivity index (χ1v) is 15.3. The number of benzene rings is 3. The van der Waals surface area contributed by atoms with Crippen LogP contribution in [-0.2, 0) is 32.6 Å². The van der Waals surface area contributed by atoms with Crippen LogP contribution in [0.3, 0.4) is 0 Å². The number of sulfonamides is 1. The summed E-state index contributed by atoms with van der Waals surface area (Å²) in [6, 6.07) is 19.8. The number of amides is 2. The van der Waals surface area contributed by atoms with Crippen LogP contribution in [0.25, 0.3) is 0 Å². The molecule has 0 heterocycles. The number of unbranched alkanes of at least 4 members (excludes halogenated alkanes) is 1. The second-order valence-corrected chi connectivity index (χ2v) is 11.8. The number of carbonyl (C=O) groups excluding carboxylic acids is 3. The number of carbonyl (C=O) groups is 3. The third-order valence-electron chi connectivity index (χ3n) is 6.59. The molecule has 0 saturated heterocycles. The first-order chi connectivity index (χ1) is 19.5. The minimum atomic E-state index is -3.97. The zero-order chi connectivity index (χ0) is 30.0. The summed E-state index contributed by atoms with van der Waals surface area (Å²) in [5.74, 6) is -1.70. The highest BCUT2D eigenvalue weighted by Crippen LogP contribution is 2.22. The molecule has 0 spiro atoms. The Morgan fingerprint density at radius 2 is 1.61 bits per heavy atom. The summed E-state index contributed by atoms with van der Waals surface area (Å²) < 4.78 is 40.4. The molecule has 0 unspecified atom stereocenters. The highest BCUT2D eigenvalue weighted by Gasteiger charge is 2.33. The van der Waals surface area contributed by atoms with E-state index in [1.165, 1.54) is 48.2 Å². The number of hydrogen-bond donors (Lipinski definition) is 1. The molecule has 0 aromatic heterocycles. The molecule has 0 radical (unpaired) electrons. The van der Waals surface area contributed by atoms with Crippen molar-refractivity contribution in [1.82, 2.24) is 10.2 Å². The van der Waals surface area contributed by atoms with Crippen molar-refractivity contribution in [3.05, 3.63) is 101 Å². The summed E-state index contributed by atoms with van der Waals surface area (Å²) >= 11 is 0. The summed E-state index contributed by atoms with van der Waals surface area (Å²) in [5, 5.41) is 2.91. The molecule has 1 atom stereocenters. The fourth-order valence-corrected chi connectivity index (χ4v) is 5.18. The topological polar surface area (TPSA) is 104 Å². The van der Waals surface area contributed by atoms with E-state index in [2.05, 4.69) is 5.32 Å². The van der Waals surface area contributed by atoms with Crippen LogP contribution in [0.15, 0.2) is 78.9 Å². The maximum atomic E-state index is 14.0. The lowest BCUT2D eigenvalue weighted by molar-refractivity contribution is -0.140. The SMILES string of the molecule is CCCCNC(=O)[C@@H](Cc1ccccc1)N(Cc1ccc(F)cc1)C(=O)CN(c1cccc(C(C)=O)c1)S(C)(=O)=O. The molecule has 8 nitrogen and oxygen atoms in total. The van der Waals surface area contributed by atoms with Gasteiger partial charge in [0.2, 0.25) is 21.8 Å². The average Bonchev–Trinajstić information content (AvgIpc) is 2.94. The number of halogens is 1. The van der Waals surface area contributed by atoms with Crippen LogP contribution in [0.1, 0.15) is 48.2 Å². The zero-order valence-corrected chi connectivity index (χ0v) is 24.4. The van der Waals surface area contributed by atoms with Gasteiger partial charge in [0, 0.05) is 25.1 Å². The average molecular weight is 582 g/mol. The Kier molecular flexibility index (Phi) is 11.2. The fourth-order valence-electron chi connectivity index (χ4n) is 4.34. The van der Waals surface area contributed by atoms with Crippen molar-refractivity contribution in [3.8, 4) is 0 Å². The molecule has 1 N–H and O–H groups in total. The van der Waals surface area contributed by atoms with Gasteiger partial charge in [0.1, 0.15) is 18.4 Å². The van der Waals surface area contributed by atoms with Crippen LogP contribution in [0.2, 0.25) is 0 Å². The van der Waals surface area contributed by atoms with E-state index < -0.39 is 34.3 Å². The number of nitrogens with zero attached hydrogens (tertiary/aromatic N) is 2. The second kappa shape index (κ2) is 14.5. The molecule has 3 rings (SSSR count). The third kappa shape index (κ3) is 9.24. The van der Waals surface area contributed by atoms with E-state index in [4.69, 9.17) is 0 Å². The molecular weight excluding hydrogens is 545 g/mol. The van der Waals surface area contributed by atoms with Crippen LogP contribution in [0.5, 0.6) is 0 Å². The first kappa shape index (κ1) is 31.5. The van der Waals surface area contributed by atoms with Crippen LogP contribution < -0.4 is 9.62 Å². The lowest BCUT2D eigenvalue weighted by atomic mass is 10.0. The smallest absolute Gasteiger partial charge is 0.244 e. The van der Waals surface area contributed by atoms with E-state index in [0.29, 0.717) is 17.7 Å². The van der Waals surface area contributed by atoms with Crippen LogP contribution in [0.4, 0.5) is 10.1 Å². The van der Waals surface area contributed by atoms with Crippen molar-refractivity contribution in [3.63, 3.8) is 0 Å². The molecule has 3 aromatic carbocycles. The minimum Gasteiger partial charge on any atom is -0.354 e. The molecule has 0 aliphatic heterocycles. The van der Waals surface area contributed by atoms with E-state index >= 15 is 0 Å². The maximum Gasteiger partial charge on any atom is 0.244 e. The number of hydrogen-bond acceptors (Lipinski definition) is 5. The fraction of sp³-hybridized carbons (Fsp3) is 0.323. The number of ketones is 1. The molecular formula is C31H36FN3O5S. The Hall–Kier alpha value is -4.05. The largest absolute Gasteiger partial charge is 0.354 e. The van der Waals surface area contributed by atoms with E-state index in [0.717, 1.165) is 29.0 Å². The van der Waals surface area contributed by atoms with Gasteiger partial charge in [-0.05, 0) is 48.7 Å². The van der Waals surface area contributed by atoms with Gasteiger partial charge in [-0.25, -0.2) is 12.8 Å². The monoisotopic (exact) mass is 581 g/mol. The summed E-state index contributed by atoms with van der Waals surface area (Å²) in [7, 11) is -3.97. The standard InChI is InChI=1S/C31H36FN3O5S/c1-4-5-18-33-31(38)29(19-24-10-7-6-8-11-24)34(21-25-14-16-27(32)17-15-25)30(37)22-35(41(3,39)40)28-13-9-12-26(20-28)23(2)36/h6-17,20,29H,4-5,18-19,21-22H2,1-3H3,(H,33,38)/t29-/m1/s1. The van der Waals surface area contributed by atoms with Gasteiger partial charge < -0.3 is 10.2 Å². The number of nitrogens with one attached hydrogen (secondary N) is 1. The third-order valence-corrected chi connectivity index (χ3v) is 7.73. The maximum absolute atomic E-state index is 14.0. The summed E-state index contributed by atoms with van der Waals surface area (Å²) in [4.78, 5) is 40.9. The minimum absolute atomic E-state index is 0.0527. The van der Waals surface area contributed by atoms with Gasteiger partial charge in [-0.1, -0.05) is 67.9 Å². The highest BCUT2D eigenvalue weighted by molar-refractivity contribution is 7.92. The number of Topliss-reactive ketones (excluding diaryl/α,β-unsaturated/α-hetero) is 1. The van der Waals surface area contributed by atoms with Crippen molar-refractivity contribution in [1.29, 1.82) is 0 Å². The van der Waals surface area contributed by atoms with Gasteiger partial charge >= 0.3 is 0 Å². The van der Waals surface area contributed by atoms with Gasteiger partial charge in [-0.15, -0.1) is 0 Å². The van der Waals surface area contributed by atoms with E-state index in [1.807, 2.05) is 37.3 Å². The van der Waals surface area contributed by atoms with Crippen molar-refractivity contribution in [2.45, 2.75) is 45.7 Å². The Morgan fingerprint density at radius 1 is 0.927 bits per heavy atom. The van der Waals surface area contributed by atoms with Gasteiger partial charge in [-0.2, -0.15) is 0 Å². The predicted molar refractivity (Wildman–Crippen MR) is 157 cm³/mol. The van der Waals surface area contributed by atoms with Gasteiger partial charge in [0.25, 0.3) is 0 Å². The van der Waals surface area contributed by atoms with Gasteiger partial charge in [-0.3, -0.25) is 18.7 Å². The summed E-state index contributed by atoms with van der Waals surface area (Å²) in [5.41, 5.74) is 1.84. The lowest BCUT2D eigenvalue weighted by Gasteiger charge is -2.33. The molecule has 41 heavy (non-hydrogen) atoms. The van der Waals surface area contributed by atoms with Crippen molar-refractivity contribution >= 4 is 33.3 Å². The van der Waals surface area contributed by atoms with Crippen molar-refractivity contribution in [2.75, 3.05) is 23.7 Å². The van der Waals surface area contributed by atoms with Crippen LogP contribution >= 0.6 is 0 Å². The van der Waals surface area contributed by atoms with Gasteiger partial charge in [0.15, 0.2) is 5.78 Å². The number of anilines is 1. The zero-order valence-electron chi connectivity index (χ0n) is 23.5. The lowest BCUT2D eigenvalue weighted by Crippen LogP contribution is -2.53. The van der Waals surface area contributed by atoms with E-state index in [-0.39, 0.29) is 30.3 Å². The van der Waals surface area contributed by atoms with Gasteiger partial charge in [0.05, 0.1) is 11.9 Å². The van der Waals surface area contributed by atoms with Crippen LogP contribution in [-0.4, -0.2) is 56.3 Å². The molecule has 2 amide bonds. The predicted octanol–water partition coefficient (Wildman–Crippen LogP) is 4.35. The molecule has 0 aliphatic carbocycles. The number of rotatable bonds is 14.